The van der Waals surface area contributed by atoms with E-state index in [2.05, 4.69) is 20.5 Å². The maximum atomic E-state index is 13.0. The molecular formula is C12H12F2N4O. The summed E-state index contributed by atoms with van der Waals surface area (Å²) in [5.74, 6) is -1.95. The van der Waals surface area contributed by atoms with Gasteiger partial charge in [0.15, 0.2) is 11.6 Å². The van der Waals surface area contributed by atoms with Crippen LogP contribution in [0.4, 0.5) is 14.5 Å². The van der Waals surface area contributed by atoms with Crippen molar-refractivity contribution in [1.29, 1.82) is 0 Å². The highest BCUT2D eigenvalue weighted by atomic mass is 19.2. The molecule has 1 aromatic carbocycles. The molecule has 2 rings (SSSR count). The molecule has 0 aliphatic carbocycles. The van der Waals surface area contributed by atoms with Gasteiger partial charge in [-0.05, 0) is 12.1 Å². The molecule has 0 unspecified atom stereocenters. The van der Waals surface area contributed by atoms with Gasteiger partial charge in [0.05, 0.1) is 0 Å². The second kappa shape index (κ2) is 5.13. The minimum atomic E-state index is -1.03. The van der Waals surface area contributed by atoms with Crippen LogP contribution in [-0.2, 0) is 0 Å². The molecule has 7 heteroatoms. The Morgan fingerprint density at radius 2 is 2.05 bits per heavy atom. The minimum Gasteiger partial charge on any atom is -0.319 e. The third-order valence-corrected chi connectivity index (χ3v) is 2.43. The SMILES string of the molecule is CC(C)c1nc(C(=O)Nc2ccc(F)c(F)c2)n[nH]1. The van der Waals surface area contributed by atoms with Crippen molar-refractivity contribution >= 4 is 11.6 Å². The van der Waals surface area contributed by atoms with Crippen molar-refractivity contribution in [3.8, 4) is 0 Å². The van der Waals surface area contributed by atoms with Crippen LogP contribution in [0.3, 0.4) is 0 Å². The largest absolute Gasteiger partial charge is 0.319 e. The summed E-state index contributed by atoms with van der Waals surface area (Å²) in [6.45, 7) is 3.80. The van der Waals surface area contributed by atoms with Crippen LogP contribution in [0, 0.1) is 11.6 Å². The molecule has 0 fully saturated rings. The topological polar surface area (TPSA) is 70.7 Å². The Morgan fingerprint density at radius 1 is 1.32 bits per heavy atom. The van der Waals surface area contributed by atoms with Crippen LogP contribution in [0.1, 0.15) is 36.2 Å². The van der Waals surface area contributed by atoms with Gasteiger partial charge in [-0.25, -0.2) is 13.8 Å². The van der Waals surface area contributed by atoms with Crippen LogP contribution in [0.2, 0.25) is 0 Å². The third kappa shape index (κ3) is 2.93. The highest BCUT2D eigenvalue weighted by molar-refractivity contribution is 6.01. The number of anilines is 1. The van der Waals surface area contributed by atoms with Crippen LogP contribution in [0.15, 0.2) is 18.2 Å². The van der Waals surface area contributed by atoms with Crippen LogP contribution in [0.5, 0.6) is 0 Å². The van der Waals surface area contributed by atoms with E-state index < -0.39 is 17.5 Å². The molecule has 2 N–H and O–H groups in total. The molecular weight excluding hydrogens is 254 g/mol. The maximum absolute atomic E-state index is 13.0. The summed E-state index contributed by atoms with van der Waals surface area (Å²) in [6.07, 6.45) is 0. The normalized spacial score (nSPS) is 10.8. The Morgan fingerprint density at radius 3 is 2.63 bits per heavy atom. The Labute approximate surface area is 108 Å². The third-order valence-electron chi connectivity index (χ3n) is 2.43. The zero-order chi connectivity index (χ0) is 14.0. The number of nitrogens with one attached hydrogen (secondary N) is 2. The zero-order valence-electron chi connectivity index (χ0n) is 10.4. The van der Waals surface area contributed by atoms with Gasteiger partial charge in [-0.15, -0.1) is 5.10 Å². The fourth-order valence-corrected chi connectivity index (χ4v) is 1.39. The number of rotatable bonds is 3. The van der Waals surface area contributed by atoms with Gasteiger partial charge < -0.3 is 5.32 Å². The van der Waals surface area contributed by atoms with E-state index in [1.54, 1.807) is 0 Å². The van der Waals surface area contributed by atoms with Gasteiger partial charge in [0, 0.05) is 17.7 Å². The van der Waals surface area contributed by atoms with Crippen LogP contribution >= 0.6 is 0 Å². The fourth-order valence-electron chi connectivity index (χ4n) is 1.39. The van der Waals surface area contributed by atoms with E-state index in [0.717, 1.165) is 12.1 Å². The molecule has 1 heterocycles. The van der Waals surface area contributed by atoms with E-state index in [4.69, 9.17) is 0 Å². The summed E-state index contributed by atoms with van der Waals surface area (Å²) >= 11 is 0. The van der Waals surface area contributed by atoms with Crippen LogP contribution in [0.25, 0.3) is 0 Å². The van der Waals surface area contributed by atoms with E-state index in [-0.39, 0.29) is 17.4 Å². The first-order chi connectivity index (χ1) is 8.97. The van der Waals surface area contributed by atoms with Gasteiger partial charge in [0.1, 0.15) is 5.82 Å². The van der Waals surface area contributed by atoms with E-state index in [1.807, 2.05) is 13.8 Å². The summed E-state index contributed by atoms with van der Waals surface area (Å²) in [7, 11) is 0. The number of halogens is 2. The summed E-state index contributed by atoms with van der Waals surface area (Å²) in [5, 5.41) is 8.78. The smallest absolute Gasteiger partial charge is 0.295 e. The molecule has 0 bridgehead atoms. The predicted molar refractivity (Wildman–Crippen MR) is 64.8 cm³/mol. The summed E-state index contributed by atoms with van der Waals surface area (Å²) < 4.78 is 25.7. The fraction of sp³-hybridized carbons (Fsp3) is 0.250. The Bertz CT molecular complexity index is 610. The number of hydrogen-bond donors (Lipinski definition) is 2. The molecule has 1 aromatic heterocycles. The minimum absolute atomic E-state index is 0.0477. The lowest BCUT2D eigenvalue weighted by Gasteiger charge is -2.02. The van der Waals surface area contributed by atoms with Crippen molar-refractivity contribution in [1.82, 2.24) is 15.2 Å². The average Bonchev–Trinajstić information content (AvgIpc) is 2.83. The molecule has 0 aliphatic heterocycles. The first-order valence-electron chi connectivity index (χ1n) is 5.66. The Hall–Kier alpha value is -2.31. The highest BCUT2D eigenvalue weighted by Gasteiger charge is 2.14. The molecule has 5 nitrogen and oxygen atoms in total. The molecule has 1 amide bonds. The van der Waals surface area contributed by atoms with Gasteiger partial charge in [-0.2, -0.15) is 0 Å². The summed E-state index contributed by atoms with van der Waals surface area (Å²) in [6, 6.07) is 3.08. The first kappa shape index (κ1) is 13.1. The van der Waals surface area contributed by atoms with Crippen molar-refractivity contribution in [2.75, 3.05) is 5.32 Å². The number of amides is 1. The van der Waals surface area contributed by atoms with Crippen LogP contribution in [-0.4, -0.2) is 21.1 Å². The molecule has 0 atom stereocenters. The van der Waals surface area contributed by atoms with Gasteiger partial charge in [0.2, 0.25) is 5.82 Å². The molecule has 0 saturated carbocycles. The second-order valence-electron chi connectivity index (χ2n) is 4.28. The van der Waals surface area contributed by atoms with Gasteiger partial charge in [-0.3, -0.25) is 9.89 Å². The van der Waals surface area contributed by atoms with E-state index in [0.29, 0.717) is 5.82 Å². The second-order valence-corrected chi connectivity index (χ2v) is 4.28. The quantitative estimate of drug-likeness (QED) is 0.896. The summed E-state index contributed by atoms with van der Waals surface area (Å²) in [4.78, 5) is 15.8. The maximum Gasteiger partial charge on any atom is 0.295 e. The van der Waals surface area contributed by atoms with Gasteiger partial charge in [-0.1, -0.05) is 13.8 Å². The monoisotopic (exact) mass is 266 g/mol. The first-order valence-corrected chi connectivity index (χ1v) is 5.66. The highest BCUT2D eigenvalue weighted by Crippen LogP contribution is 2.14. The Balaban J connectivity index is 2.13. The standard InChI is InChI=1S/C12H12F2N4O/c1-6(2)10-16-11(18-17-10)12(19)15-7-3-4-8(13)9(14)5-7/h3-6H,1-2H3,(H,15,19)(H,16,17,18). The molecule has 100 valence electrons. The van der Waals surface area contributed by atoms with Crippen molar-refractivity contribution in [3.05, 3.63) is 41.5 Å². The van der Waals surface area contributed by atoms with Crippen LogP contribution < -0.4 is 5.32 Å². The lowest BCUT2D eigenvalue weighted by atomic mass is 10.2. The lowest BCUT2D eigenvalue weighted by Crippen LogP contribution is -2.14. The zero-order valence-corrected chi connectivity index (χ0v) is 10.4. The van der Waals surface area contributed by atoms with E-state index >= 15 is 0 Å². The number of benzene rings is 1. The molecule has 0 saturated heterocycles. The van der Waals surface area contributed by atoms with Crippen molar-refractivity contribution < 1.29 is 13.6 Å². The molecule has 0 spiro atoms. The lowest BCUT2D eigenvalue weighted by molar-refractivity contribution is 0.101. The number of aromatic nitrogens is 3. The van der Waals surface area contributed by atoms with Gasteiger partial charge >= 0.3 is 0 Å². The van der Waals surface area contributed by atoms with E-state index in [9.17, 15) is 13.6 Å². The number of aromatic amines is 1. The van der Waals surface area contributed by atoms with Crippen molar-refractivity contribution in [2.24, 2.45) is 0 Å². The molecule has 19 heavy (non-hydrogen) atoms. The number of carbonyl (C=O) groups excluding carboxylic acids is 1. The van der Waals surface area contributed by atoms with Gasteiger partial charge in [0.25, 0.3) is 5.91 Å². The number of carbonyl (C=O) groups is 1. The van der Waals surface area contributed by atoms with Crippen molar-refractivity contribution in [3.63, 3.8) is 0 Å². The average molecular weight is 266 g/mol. The number of H-pyrrole nitrogens is 1. The van der Waals surface area contributed by atoms with E-state index in [1.165, 1.54) is 6.07 Å². The predicted octanol–water partition coefficient (Wildman–Crippen LogP) is 2.46. The Kier molecular flexibility index (Phi) is 3.55. The summed E-state index contributed by atoms with van der Waals surface area (Å²) in [5.41, 5.74) is 0.139. The molecule has 2 aromatic rings. The number of hydrogen-bond acceptors (Lipinski definition) is 3. The molecule has 0 aliphatic rings. The molecule has 0 radical (unpaired) electrons. The number of nitrogens with zero attached hydrogens (tertiary/aromatic N) is 2. The van der Waals surface area contributed by atoms with Crippen molar-refractivity contribution in [2.45, 2.75) is 19.8 Å².